The second-order valence-corrected chi connectivity index (χ2v) is 7.56. The van der Waals surface area contributed by atoms with Crippen LogP contribution >= 0.6 is 0 Å². The fourth-order valence-corrected chi connectivity index (χ4v) is 3.87. The van der Waals surface area contributed by atoms with E-state index < -0.39 is 0 Å². The normalized spacial score (nSPS) is 14.7. The second kappa shape index (κ2) is 9.09. The van der Waals surface area contributed by atoms with E-state index in [4.69, 9.17) is 0 Å². The van der Waals surface area contributed by atoms with Crippen LogP contribution in [-0.4, -0.2) is 58.8 Å². The zero-order chi connectivity index (χ0) is 20.9. The first-order valence-corrected chi connectivity index (χ1v) is 10.4. The van der Waals surface area contributed by atoms with E-state index in [0.717, 1.165) is 37.4 Å². The Labute approximate surface area is 177 Å². The molecule has 2 aromatic heterocycles. The van der Waals surface area contributed by atoms with Crippen molar-refractivity contribution in [3.05, 3.63) is 71.7 Å². The van der Waals surface area contributed by atoms with Gasteiger partial charge in [0.05, 0.1) is 17.5 Å². The van der Waals surface area contributed by atoms with Crippen LogP contribution in [-0.2, 0) is 13.0 Å². The number of likely N-dealkylation sites (N-methyl/N-ethyl adjacent to an activating group) is 1. The van der Waals surface area contributed by atoms with E-state index in [1.165, 1.54) is 5.69 Å². The summed E-state index contributed by atoms with van der Waals surface area (Å²) in [5.74, 6) is 0.607. The number of aromatic nitrogens is 3. The maximum absolute atomic E-state index is 13.0. The fraction of sp³-hybridized carbons (Fsp3) is 0.348. The molecule has 156 valence electrons. The Balaban J connectivity index is 1.49. The standard InChI is InChI=1S/C23H28N6O/c1-3-20-19(17-26-29(20)22-10-6-7-11-24-22)23(30)25-16-18-8-4-5-9-21(18)28-14-12-27(2)13-15-28/h4-11,17H,3,12-16H2,1-2H3,(H,25,30). The summed E-state index contributed by atoms with van der Waals surface area (Å²) in [7, 11) is 2.15. The third kappa shape index (κ3) is 4.21. The SMILES string of the molecule is CCc1c(C(=O)NCc2ccccc2N2CCN(C)CC2)cnn1-c1ccccn1. The van der Waals surface area contributed by atoms with Crippen LogP contribution in [0.15, 0.2) is 54.9 Å². The Bertz CT molecular complexity index is 992. The quantitative estimate of drug-likeness (QED) is 0.684. The highest BCUT2D eigenvalue weighted by molar-refractivity contribution is 5.95. The molecule has 0 radical (unpaired) electrons. The molecule has 0 saturated carbocycles. The number of hydrogen-bond donors (Lipinski definition) is 1. The molecule has 1 amide bonds. The molecule has 30 heavy (non-hydrogen) atoms. The highest BCUT2D eigenvalue weighted by Crippen LogP contribution is 2.22. The number of amides is 1. The molecule has 1 N–H and O–H groups in total. The molecular weight excluding hydrogens is 376 g/mol. The van der Waals surface area contributed by atoms with Crippen LogP contribution in [0.2, 0.25) is 0 Å². The van der Waals surface area contributed by atoms with Gasteiger partial charge in [0.15, 0.2) is 5.82 Å². The fourth-order valence-electron chi connectivity index (χ4n) is 3.87. The molecular formula is C23H28N6O. The van der Waals surface area contributed by atoms with Crippen molar-refractivity contribution in [3.63, 3.8) is 0 Å². The van der Waals surface area contributed by atoms with Gasteiger partial charge in [0.25, 0.3) is 5.91 Å². The minimum atomic E-state index is -0.109. The van der Waals surface area contributed by atoms with E-state index in [-0.39, 0.29) is 5.91 Å². The predicted molar refractivity (Wildman–Crippen MR) is 118 cm³/mol. The average Bonchev–Trinajstić information content (AvgIpc) is 3.23. The first-order chi connectivity index (χ1) is 14.7. The molecule has 1 aromatic carbocycles. The number of pyridine rings is 1. The Morgan fingerprint density at radius 3 is 2.57 bits per heavy atom. The molecule has 3 heterocycles. The van der Waals surface area contributed by atoms with Crippen LogP contribution in [0.3, 0.4) is 0 Å². The number of nitrogens with zero attached hydrogens (tertiary/aromatic N) is 5. The van der Waals surface area contributed by atoms with Crippen LogP contribution in [0, 0.1) is 0 Å². The maximum atomic E-state index is 13.0. The monoisotopic (exact) mass is 404 g/mol. The summed E-state index contributed by atoms with van der Waals surface area (Å²) >= 11 is 0. The number of anilines is 1. The van der Waals surface area contributed by atoms with Crippen molar-refractivity contribution in [2.75, 3.05) is 38.1 Å². The molecule has 0 aliphatic carbocycles. The lowest BCUT2D eigenvalue weighted by Crippen LogP contribution is -2.45. The molecule has 1 fully saturated rings. The Kier molecular flexibility index (Phi) is 6.09. The summed E-state index contributed by atoms with van der Waals surface area (Å²) in [6.45, 7) is 6.60. The first-order valence-electron chi connectivity index (χ1n) is 10.4. The number of para-hydroxylation sites is 1. The van der Waals surface area contributed by atoms with E-state index in [1.807, 2.05) is 31.2 Å². The van der Waals surface area contributed by atoms with Gasteiger partial charge in [-0.25, -0.2) is 9.67 Å². The van der Waals surface area contributed by atoms with Gasteiger partial charge in [-0.1, -0.05) is 31.2 Å². The van der Waals surface area contributed by atoms with Gasteiger partial charge in [-0.15, -0.1) is 0 Å². The lowest BCUT2D eigenvalue weighted by atomic mass is 10.1. The van der Waals surface area contributed by atoms with Gasteiger partial charge in [-0.2, -0.15) is 5.10 Å². The van der Waals surface area contributed by atoms with Crippen LogP contribution in [0.1, 0.15) is 28.5 Å². The van der Waals surface area contributed by atoms with Gasteiger partial charge in [-0.3, -0.25) is 4.79 Å². The van der Waals surface area contributed by atoms with Crippen molar-refractivity contribution in [2.24, 2.45) is 0 Å². The van der Waals surface area contributed by atoms with Crippen molar-refractivity contribution in [1.82, 2.24) is 25.0 Å². The van der Waals surface area contributed by atoms with Gasteiger partial charge in [0.2, 0.25) is 0 Å². The molecule has 7 heteroatoms. The molecule has 0 atom stereocenters. The van der Waals surface area contributed by atoms with Crippen LogP contribution in [0.25, 0.3) is 5.82 Å². The van der Waals surface area contributed by atoms with Crippen LogP contribution in [0.5, 0.6) is 0 Å². The van der Waals surface area contributed by atoms with Gasteiger partial charge in [-0.05, 0) is 37.2 Å². The summed E-state index contributed by atoms with van der Waals surface area (Å²) in [6, 6.07) is 14.0. The molecule has 0 spiro atoms. The lowest BCUT2D eigenvalue weighted by molar-refractivity contribution is 0.0950. The third-order valence-electron chi connectivity index (χ3n) is 5.59. The lowest BCUT2D eigenvalue weighted by Gasteiger charge is -2.35. The third-order valence-corrected chi connectivity index (χ3v) is 5.59. The van der Waals surface area contributed by atoms with Gasteiger partial charge in [0.1, 0.15) is 0 Å². The second-order valence-electron chi connectivity index (χ2n) is 7.56. The number of rotatable bonds is 6. The Morgan fingerprint density at radius 2 is 1.83 bits per heavy atom. The summed E-state index contributed by atoms with van der Waals surface area (Å²) in [5.41, 5.74) is 3.79. The molecule has 3 aromatic rings. The predicted octanol–water partition coefficient (Wildman–Crippen LogP) is 2.51. The van der Waals surface area contributed by atoms with Crippen molar-refractivity contribution in [1.29, 1.82) is 0 Å². The smallest absolute Gasteiger partial charge is 0.255 e. The van der Waals surface area contributed by atoms with Crippen molar-refractivity contribution < 1.29 is 4.79 Å². The molecule has 0 bridgehead atoms. The minimum absolute atomic E-state index is 0.109. The molecule has 1 aliphatic heterocycles. The number of piperazine rings is 1. The number of carbonyl (C=O) groups is 1. The van der Waals surface area contributed by atoms with Gasteiger partial charge < -0.3 is 15.1 Å². The minimum Gasteiger partial charge on any atom is -0.369 e. The van der Waals surface area contributed by atoms with E-state index in [9.17, 15) is 4.79 Å². The van der Waals surface area contributed by atoms with E-state index >= 15 is 0 Å². The average molecular weight is 405 g/mol. The largest absolute Gasteiger partial charge is 0.369 e. The summed E-state index contributed by atoms with van der Waals surface area (Å²) in [6.07, 6.45) is 4.05. The molecule has 0 unspecified atom stereocenters. The van der Waals surface area contributed by atoms with Gasteiger partial charge in [0, 0.05) is 44.6 Å². The Morgan fingerprint density at radius 1 is 1.07 bits per heavy atom. The van der Waals surface area contributed by atoms with Crippen molar-refractivity contribution >= 4 is 11.6 Å². The Hall–Kier alpha value is -3.19. The molecule has 7 nitrogen and oxygen atoms in total. The summed E-state index contributed by atoms with van der Waals surface area (Å²) in [5, 5.41) is 7.51. The zero-order valence-corrected chi connectivity index (χ0v) is 17.6. The summed E-state index contributed by atoms with van der Waals surface area (Å²) in [4.78, 5) is 22.1. The first kappa shape index (κ1) is 20.1. The van der Waals surface area contributed by atoms with Crippen molar-refractivity contribution in [3.8, 4) is 5.82 Å². The molecule has 1 saturated heterocycles. The number of carbonyl (C=O) groups excluding carboxylic acids is 1. The zero-order valence-electron chi connectivity index (χ0n) is 17.6. The number of benzene rings is 1. The number of hydrogen-bond acceptors (Lipinski definition) is 5. The van der Waals surface area contributed by atoms with Gasteiger partial charge >= 0.3 is 0 Å². The highest BCUT2D eigenvalue weighted by Gasteiger charge is 2.19. The van der Waals surface area contributed by atoms with Crippen LogP contribution in [0.4, 0.5) is 5.69 Å². The van der Waals surface area contributed by atoms with E-state index in [1.54, 1.807) is 17.1 Å². The van der Waals surface area contributed by atoms with Crippen molar-refractivity contribution in [2.45, 2.75) is 19.9 Å². The highest BCUT2D eigenvalue weighted by atomic mass is 16.1. The molecule has 4 rings (SSSR count). The summed E-state index contributed by atoms with van der Waals surface area (Å²) < 4.78 is 1.74. The van der Waals surface area contributed by atoms with E-state index in [0.29, 0.717) is 24.3 Å². The van der Waals surface area contributed by atoms with E-state index in [2.05, 4.69) is 50.4 Å². The topological polar surface area (TPSA) is 66.3 Å². The maximum Gasteiger partial charge on any atom is 0.255 e. The number of nitrogens with one attached hydrogen (secondary N) is 1. The van der Waals surface area contributed by atoms with Crippen LogP contribution < -0.4 is 10.2 Å². The molecule has 1 aliphatic rings.